The van der Waals surface area contributed by atoms with Gasteiger partial charge in [-0.2, -0.15) is 0 Å². The number of benzene rings is 3. The average Bonchev–Trinajstić information content (AvgIpc) is 2.75. The molecule has 0 spiro atoms. The number of carbonyl (C=O) groups excluding carboxylic acids is 1. The van der Waals surface area contributed by atoms with Crippen molar-refractivity contribution in [3.8, 4) is 17.1 Å². The molecule has 0 amide bonds. The Hall–Kier alpha value is -3.44. The van der Waals surface area contributed by atoms with Crippen LogP contribution in [0.4, 0.5) is 0 Å². The number of para-hydroxylation sites is 1. The third-order valence-electron chi connectivity index (χ3n) is 4.51. The lowest BCUT2D eigenvalue weighted by Crippen LogP contribution is -2.22. The molecule has 1 heterocycles. The molecular weight excluding hydrogens is 388 g/mol. The van der Waals surface area contributed by atoms with Crippen LogP contribution in [0.25, 0.3) is 28.0 Å². The van der Waals surface area contributed by atoms with E-state index < -0.39 is 5.97 Å². The van der Waals surface area contributed by atoms with E-state index in [9.17, 15) is 9.59 Å². The lowest BCUT2D eigenvalue weighted by atomic mass is 10.1. The fourth-order valence-corrected chi connectivity index (χ4v) is 3.25. The van der Waals surface area contributed by atoms with Gasteiger partial charge in [-0.15, -0.1) is 0 Å². The molecule has 29 heavy (non-hydrogen) atoms. The van der Waals surface area contributed by atoms with Crippen molar-refractivity contribution in [3.63, 3.8) is 0 Å². The first-order valence-corrected chi connectivity index (χ1v) is 9.51. The van der Waals surface area contributed by atoms with E-state index in [1.807, 2.05) is 30.3 Å². The number of hydrogen-bond donors (Lipinski definition) is 0. The molecule has 3 aromatic carbocycles. The van der Waals surface area contributed by atoms with Gasteiger partial charge in [-0.1, -0.05) is 23.7 Å². The SMILES string of the molecule is CCOC(=O)c1ccc(-n2c(-c3ccc(Cl)cc3)nc3ccccc3c2=O)cc1. The molecule has 0 saturated carbocycles. The fourth-order valence-electron chi connectivity index (χ4n) is 3.13. The van der Waals surface area contributed by atoms with Crippen molar-refractivity contribution < 1.29 is 9.53 Å². The maximum absolute atomic E-state index is 13.3. The first kappa shape index (κ1) is 18.9. The number of esters is 1. The summed E-state index contributed by atoms with van der Waals surface area (Å²) < 4.78 is 6.57. The van der Waals surface area contributed by atoms with Gasteiger partial charge in [0.1, 0.15) is 5.82 Å². The molecule has 0 atom stereocenters. The second-order valence-electron chi connectivity index (χ2n) is 6.37. The molecule has 0 aliphatic heterocycles. The third-order valence-corrected chi connectivity index (χ3v) is 4.77. The van der Waals surface area contributed by atoms with Crippen molar-refractivity contribution in [2.45, 2.75) is 6.92 Å². The van der Waals surface area contributed by atoms with Crippen molar-refractivity contribution in [2.75, 3.05) is 6.61 Å². The molecular formula is C23H17ClN2O3. The number of fused-ring (bicyclic) bond motifs is 1. The summed E-state index contributed by atoms with van der Waals surface area (Å²) in [4.78, 5) is 30.0. The van der Waals surface area contributed by atoms with Crippen LogP contribution < -0.4 is 5.56 Å². The number of aromatic nitrogens is 2. The number of carbonyl (C=O) groups is 1. The zero-order chi connectivity index (χ0) is 20.4. The predicted octanol–water partition coefficient (Wildman–Crippen LogP) is 4.88. The summed E-state index contributed by atoms with van der Waals surface area (Å²) in [5.41, 5.74) is 2.20. The highest BCUT2D eigenvalue weighted by atomic mass is 35.5. The molecule has 5 nitrogen and oxygen atoms in total. The quantitative estimate of drug-likeness (QED) is 0.455. The maximum atomic E-state index is 13.3. The van der Waals surface area contributed by atoms with Gasteiger partial charge in [-0.25, -0.2) is 9.78 Å². The highest BCUT2D eigenvalue weighted by molar-refractivity contribution is 6.30. The van der Waals surface area contributed by atoms with Gasteiger partial charge in [0.15, 0.2) is 0 Å². The third kappa shape index (κ3) is 3.65. The van der Waals surface area contributed by atoms with Crippen LogP contribution in [0.3, 0.4) is 0 Å². The lowest BCUT2D eigenvalue weighted by Gasteiger charge is -2.14. The van der Waals surface area contributed by atoms with Crippen LogP contribution in [0, 0.1) is 0 Å². The van der Waals surface area contributed by atoms with E-state index in [2.05, 4.69) is 0 Å². The van der Waals surface area contributed by atoms with Crippen LogP contribution in [0.5, 0.6) is 0 Å². The Balaban J connectivity index is 1.93. The van der Waals surface area contributed by atoms with E-state index in [4.69, 9.17) is 21.3 Å². The summed E-state index contributed by atoms with van der Waals surface area (Å²) >= 11 is 6.02. The molecule has 0 fully saturated rings. The van der Waals surface area contributed by atoms with Gasteiger partial charge >= 0.3 is 5.97 Å². The number of ether oxygens (including phenoxy) is 1. The number of halogens is 1. The van der Waals surface area contributed by atoms with Crippen LogP contribution in [0.2, 0.25) is 5.02 Å². The topological polar surface area (TPSA) is 61.2 Å². The number of rotatable bonds is 4. The summed E-state index contributed by atoms with van der Waals surface area (Å²) in [6.07, 6.45) is 0. The van der Waals surface area contributed by atoms with E-state index in [0.717, 1.165) is 5.56 Å². The van der Waals surface area contributed by atoms with Crippen molar-refractivity contribution in [1.29, 1.82) is 0 Å². The maximum Gasteiger partial charge on any atom is 0.338 e. The minimum Gasteiger partial charge on any atom is -0.462 e. The first-order chi connectivity index (χ1) is 14.1. The highest BCUT2D eigenvalue weighted by Crippen LogP contribution is 2.24. The molecule has 144 valence electrons. The molecule has 6 heteroatoms. The second kappa shape index (κ2) is 7.89. The summed E-state index contributed by atoms with van der Waals surface area (Å²) in [6.45, 7) is 2.06. The van der Waals surface area contributed by atoms with Gasteiger partial charge in [0.25, 0.3) is 5.56 Å². The Morgan fingerprint density at radius 1 is 1.00 bits per heavy atom. The number of nitrogens with zero attached hydrogens (tertiary/aromatic N) is 2. The molecule has 1 aromatic heterocycles. The molecule has 4 aromatic rings. The normalized spacial score (nSPS) is 10.8. The van der Waals surface area contributed by atoms with Crippen molar-refractivity contribution in [2.24, 2.45) is 0 Å². The van der Waals surface area contributed by atoms with Crippen LogP contribution in [0.1, 0.15) is 17.3 Å². The van der Waals surface area contributed by atoms with E-state index in [1.165, 1.54) is 0 Å². The fraction of sp³-hybridized carbons (Fsp3) is 0.0870. The Kier molecular flexibility index (Phi) is 5.14. The molecule has 0 unspecified atom stereocenters. The van der Waals surface area contributed by atoms with Crippen molar-refractivity contribution >= 4 is 28.5 Å². The van der Waals surface area contributed by atoms with Crippen LogP contribution in [0.15, 0.2) is 77.6 Å². The van der Waals surface area contributed by atoms with Gasteiger partial charge in [-0.3, -0.25) is 9.36 Å². The van der Waals surface area contributed by atoms with Gasteiger partial charge in [-0.05, 0) is 67.6 Å². The average molecular weight is 405 g/mol. The summed E-state index contributed by atoms with van der Waals surface area (Å²) in [5.74, 6) is 0.0928. The predicted molar refractivity (Wildman–Crippen MR) is 114 cm³/mol. The van der Waals surface area contributed by atoms with Crippen LogP contribution >= 0.6 is 11.6 Å². The van der Waals surface area contributed by atoms with E-state index in [1.54, 1.807) is 54.0 Å². The van der Waals surface area contributed by atoms with Crippen molar-refractivity contribution in [3.05, 3.63) is 93.7 Å². The van der Waals surface area contributed by atoms with Gasteiger partial charge in [0.2, 0.25) is 0 Å². The molecule has 0 aliphatic rings. The summed E-state index contributed by atoms with van der Waals surface area (Å²) in [7, 11) is 0. The first-order valence-electron chi connectivity index (χ1n) is 9.14. The highest BCUT2D eigenvalue weighted by Gasteiger charge is 2.15. The van der Waals surface area contributed by atoms with Gasteiger partial charge in [0, 0.05) is 10.6 Å². The van der Waals surface area contributed by atoms with Gasteiger partial charge in [0.05, 0.1) is 28.8 Å². The standard InChI is InChI=1S/C23H17ClN2O3/c1-2-29-23(28)16-9-13-18(14-10-16)26-21(15-7-11-17(24)12-8-15)25-20-6-4-3-5-19(20)22(26)27/h3-14H,2H2,1H3. The zero-order valence-corrected chi connectivity index (χ0v) is 16.4. The Labute approximate surface area is 172 Å². The largest absolute Gasteiger partial charge is 0.462 e. The van der Waals surface area contributed by atoms with E-state index in [0.29, 0.717) is 39.6 Å². The molecule has 4 rings (SSSR count). The zero-order valence-electron chi connectivity index (χ0n) is 15.6. The molecule has 0 bridgehead atoms. The molecule has 0 saturated heterocycles. The summed E-state index contributed by atoms with van der Waals surface area (Å²) in [5, 5.41) is 1.11. The minimum absolute atomic E-state index is 0.190. The number of hydrogen-bond acceptors (Lipinski definition) is 4. The van der Waals surface area contributed by atoms with E-state index >= 15 is 0 Å². The molecule has 0 N–H and O–H groups in total. The van der Waals surface area contributed by atoms with Crippen LogP contribution in [-0.4, -0.2) is 22.1 Å². The van der Waals surface area contributed by atoms with E-state index in [-0.39, 0.29) is 5.56 Å². The second-order valence-corrected chi connectivity index (χ2v) is 6.80. The minimum atomic E-state index is -0.402. The van der Waals surface area contributed by atoms with Gasteiger partial charge < -0.3 is 4.74 Å². The Morgan fingerprint density at radius 2 is 1.69 bits per heavy atom. The van der Waals surface area contributed by atoms with Crippen molar-refractivity contribution in [1.82, 2.24) is 9.55 Å². The molecule has 0 aliphatic carbocycles. The monoisotopic (exact) mass is 404 g/mol. The Morgan fingerprint density at radius 3 is 2.38 bits per heavy atom. The molecule has 0 radical (unpaired) electrons. The smallest absolute Gasteiger partial charge is 0.338 e. The summed E-state index contributed by atoms with van der Waals surface area (Å²) in [6, 6.07) is 21.1. The van der Waals surface area contributed by atoms with Crippen LogP contribution in [-0.2, 0) is 4.74 Å². The Bertz CT molecular complexity index is 1250. The lowest BCUT2D eigenvalue weighted by molar-refractivity contribution is 0.0526.